The smallest absolute Gasteiger partial charge is 0.230 e. The Kier molecular flexibility index (Phi) is 4.48. The summed E-state index contributed by atoms with van der Waals surface area (Å²) in [6.45, 7) is 1.32. The van der Waals surface area contributed by atoms with E-state index in [0.717, 1.165) is 24.2 Å². The van der Waals surface area contributed by atoms with Gasteiger partial charge in [0, 0.05) is 25.0 Å². The van der Waals surface area contributed by atoms with Gasteiger partial charge in [0.15, 0.2) is 0 Å². The number of amides is 1. The Morgan fingerprint density at radius 1 is 1.50 bits per heavy atom. The number of rotatable bonds is 4. The number of nitrogens with zero attached hydrogens (tertiary/aromatic N) is 1. The molecule has 0 aromatic heterocycles. The van der Waals surface area contributed by atoms with Crippen molar-refractivity contribution in [2.45, 2.75) is 18.8 Å². The van der Waals surface area contributed by atoms with Gasteiger partial charge in [-0.2, -0.15) is 0 Å². The Hall–Kier alpha value is -1.22. The van der Waals surface area contributed by atoms with E-state index in [-0.39, 0.29) is 11.8 Å². The van der Waals surface area contributed by atoms with E-state index in [1.54, 1.807) is 4.90 Å². The molecule has 1 aliphatic rings. The Labute approximate surface area is 113 Å². The molecule has 1 amide bonds. The normalized spacial score (nSPS) is 17.8. The summed E-state index contributed by atoms with van der Waals surface area (Å²) in [5, 5.41) is 0. The topological polar surface area (TPSA) is 29.5 Å². The van der Waals surface area contributed by atoms with E-state index >= 15 is 0 Å². The monoisotopic (exact) mass is 267 g/mol. The second-order valence-corrected chi connectivity index (χ2v) is 4.91. The first-order chi connectivity index (χ1) is 8.74. The second-order valence-electron chi connectivity index (χ2n) is 4.53. The summed E-state index contributed by atoms with van der Waals surface area (Å²) in [4.78, 5) is 14.2. The summed E-state index contributed by atoms with van der Waals surface area (Å²) in [6, 6.07) is 7.79. The first kappa shape index (κ1) is 13.2. The molecule has 1 atom stereocenters. The molecule has 0 fully saturated rings. The molecule has 0 N–H and O–H groups in total. The Bertz CT molecular complexity index is 422. The zero-order valence-electron chi connectivity index (χ0n) is 10.6. The molecule has 0 spiro atoms. The third-order valence-corrected chi connectivity index (χ3v) is 3.53. The SMILES string of the molecule is CN(CCCCl)C(=O)C1CCOc2ccccc21. The fourth-order valence-corrected chi connectivity index (χ4v) is 2.39. The minimum atomic E-state index is -0.0738. The fraction of sp³-hybridized carbons (Fsp3) is 0.500. The van der Waals surface area contributed by atoms with E-state index in [1.165, 1.54) is 0 Å². The van der Waals surface area contributed by atoms with Crippen LogP contribution in [0.2, 0.25) is 0 Å². The molecule has 1 aliphatic heterocycles. The molecule has 2 rings (SSSR count). The number of para-hydroxylation sites is 1. The van der Waals surface area contributed by atoms with Gasteiger partial charge >= 0.3 is 0 Å². The molecule has 0 aliphatic carbocycles. The van der Waals surface area contributed by atoms with Crippen LogP contribution in [-0.4, -0.2) is 36.9 Å². The molecule has 0 radical (unpaired) electrons. The summed E-state index contributed by atoms with van der Waals surface area (Å²) in [7, 11) is 1.84. The maximum absolute atomic E-state index is 12.4. The molecule has 4 heteroatoms. The lowest BCUT2D eigenvalue weighted by Crippen LogP contribution is -2.35. The van der Waals surface area contributed by atoms with Crippen molar-refractivity contribution in [3.05, 3.63) is 29.8 Å². The third-order valence-electron chi connectivity index (χ3n) is 3.26. The van der Waals surface area contributed by atoms with Crippen molar-refractivity contribution >= 4 is 17.5 Å². The van der Waals surface area contributed by atoms with Crippen LogP contribution in [0.3, 0.4) is 0 Å². The van der Waals surface area contributed by atoms with Gasteiger partial charge in [-0.25, -0.2) is 0 Å². The van der Waals surface area contributed by atoms with E-state index in [9.17, 15) is 4.79 Å². The third kappa shape index (κ3) is 2.78. The fourth-order valence-electron chi connectivity index (χ4n) is 2.27. The maximum Gasteiger partial charge on any atom is 0.230 e. The number of carbonyl (C=O) groups is 1. The number of likely N-dealkylation sites (N-methyl/N-ethyl adjacent to an activating group) is 1. The van der Waals surface area contributed by atoms with E-state index in [0.29, 0.717) is 19.0 Å². The zero-order valence-corrected chi connectivity index (χ0v) is 11.3. The molecular formula is C14H18ClNO2. The van der Waals surface area contributed by atoms with Gasteiger partial charge in [-0.15, -0.1) is 11.6 Å². The van der Waals surface area contributed by atoms with E-state index < -0.39 is 0 Å². The number of ether oxygens (including phenoxy) is 1. The predicted octanol–water partition coefficient (Wildman–Crippen LogP) is 2.64. The summed E-state index contributed by atoms with van der Waals surface area (Å²) >= 11 is 5.66. The highest BCUT2D eigenvalue weighted by atomic mass is 35.5. The quantitative estimate of drug-likeness (QED) is 0.785. The zero-order chi connectivity index (χ0) is 13.0. The van der Waals surface area contributed by atoms with Crippen molar-refractivity contribution in [2.24, 2.45) is 0 Å². The Morgan fingerprint density at radius 3 is 3.06 bits per heavy atom. The highest BCUT2D eigenvalue weighted by molar-refractivity contribution is 6.17. The molecule has 0 saturated heterocycles. The van der Waals surface area contributed by atoms with Crippen molar-refractivity contribution in [2.75, 3.05) is 26.1 Å². The van der Waals surface area contributed by atoms with E-state index in [4.69, 9.17) is 16.3 Å². The number of fused-ring (bicyclic) bond motifs is 1. The van der Waals surface area contributed by atoms with Crippen LogP contribution in [-0.2, 0) is 4.79 Å². The van der Waals surface area contributed by atoms with Crippen LogP contribution in [0.15, 0.2) is 24.3 Å². The van der Waals surface area contributed by atoms with Crippen LogP contribution in [0.4, 0.5) is 0 Å². The van der Waals surface area contributed by atoms with Crippen LogP contribution >= 0.6 is 11.6 Å². The lowest BCUT2D eigenvalue weighted by molar-refractivity contribution is -0.132. The number of halogens is 1. The molecule has 0 saturated carbocycles. The molecule has 98 valence electrons. The first-order valence-corrected chi connectivity index (χ1v) is 6.80. The van der Waals surface area contributed by atoms with Gasteiger partial charge < -0.3 is 9.64 Å². The lowest BCUT2D eigenvalue weighted by atomic mass is 9.92. The first-order valence-electron chi connectivity index (χ1n) is 6.26. The molecule has 1 aromatic carbocycles. The standard InChI is InChI=1S/C14H18ClNO2/c1-16(9-4-8-15)14(17)12-7-10-18-13-6-3-2-5-11(12)13/h2-3,5-6,12H,4,7-10H2,1H3. The molecular weight excluding hydrogens is 250 g/mol. The Morgan fingerprint density at radius 2 is 2.28 bits per heavy atom. The van der Waals surface area contributed by atoms with Gasteiger partial charge in [0.25, 0.3) is 0 Å². The van der Waals surface area contributed by atoms with Gasteiger partial charge in [0.1, 0.15) is 5.75 Å². The van der Waals surface area contributed by atoms with Gasteiger partial charge in [-0.3, -0.25) is 4.79 Å². The number of carbonyl (C=O) groups excluding carboxylic acids is 1. The van der Waals surface area contributed by atoms with E-state index in [2.05, 4.69) is 0 Å². The lowest BCUT2D eigenvalue weighted by Gasteiger charge is -2.28. The number of benzene rings is 1. The summed E-state index contributed by atoms with van der Waals surface area (Å²) in [5.41, 5.74) is 1.01. The van der Waals surface area contributed by atoms with Crippen molar-refractivity contribution in [3.63, 3.8) is 0 Å². The molecule has 1 aromatic rings. The predicted molar refractivity (Wildman–Crippen MR) is 72.3 cm³/mol. The Balaban J connectivity index is 2.12. The van der Waals surface area contributed by atoms with Crippen molar-refractivity contribution in [1.29, 1.82) is 0 Å². The highest BCUT2D eigenvalue weighted by Crippen LogP contribution is 2.34. The minimum absolute atomic E-state index is 0.0738. The second kappa shape index (κ2) is 6.10. The summed E-state index contributed by atoms with van der Waals surface area (Å²) in [5.74, 6) is 1.51. The van der Waals surface area contributed by atoms with Crippen LogP contribution in [0.25, 0.3) is 0 Å². The molecule has 0 bridgehead atoms. The number of alkyl halides is 1. The van der Waals surface area contributed by atoms with Crippen molar-refractivity contribution < 1.29 is 9.53 Å². The summed E-state index contributed by atoms with van der Waals surface area (Å²) in [6.07, 6.45) is 1.58. The highest BCUT2D eigenvalue weighted by Gasteiger charge is 2.29. The van der Waals surface area contributed by atoms with Crippen LogP contribution in [0.5, 0.6) is 5.75 Å². The molecule has 3 nitrogen and oxygen atoms in total. The van der Waals surface area contributed by atoms with Crippen molar-refractivity contribution in [1.82, 2.24) is 4.90 Å². The van der Waals surface area contributed by atoms with Gasteiger partial charge in [-0.05, 0) is 18.9 Å². The molecule has 1 heterocycles. The minimum Gasteiger partial charge on any atom is -0.493 e. The van der Waals surface area contributed by atoms with Gasteiger partial charge in [0.05, 0.1) is 12.5 Å². The van der Waals surface area contributed by atoms with Gasteiger partial charge in [-0.1, -0.05) is 18.2 Å². The van der Waals surface area contributed by atoms with Crippen LogP contribution in [0, 0.1) is 0 Å². The van der Waals surface area contributed by atoms with E-state index in [1.807, 2.05) is 31.3 Å². The number of hydrogen-bond donors (Lipinski definition) is 0. The molecule has 18 heavy (non-hydrogen) atoms. The molecule has 1 unspecified atom stereocenters. The van der Waals surface area contributed by atoms with Gasteiger partial charge in [0.2, 0.25) is 5.91 Å². The average Bonchev–Trinajstić information content (AvgIpc) is 2.43. The van der Waals surface area contributed by atoms with Crippen molar-refractivity contribution in [3.8, 4) is 5.75 Å². The average molecular weight is 268 g/mol. The maximum atomic E-state index is 12.4. The largest absolute Gasteiger partial charge is 0.493 e. The number of hydrogen-bond acceptors (Lipinski definition) is 2. The van der Waals surface area contributed by atoms with Crippen LogP contribution in [0.1, 0.15) is 24.3 Å². The van der Waals surface area contributed by atoms with Crippen LogP contribution < -0.4 is 4.74 Å². The summed E-state index contributed by atoms with van der Waals surface area (Å²) < 4.78 is 5.57.